The van der Waals surface area contributed by atoms with Gasteiger partial charge in [0.15, 0.2) is 6.61 Å². The Morgan fingerprint density at radius 3 is 2.32 bits per heavy atom. The van der Waals surface area contributed by atoms with Crippen LogP contribution in [0.5, 0.6) is 0 Å². The van der Waals surface area contributed by atoms with Gasteiger partial charge >= 0.3 is 11.9 Å². The molecule has 0 amide bonds. The van der Waals surface area contributed by atoms with E-state index in [-0.39, 0.29) is 35.9 Å². The largest absolute Gasteiger partial charge is 0.457 e. The van der Waals surface area contributed by atoms with Gasteiger partial charge in [-0.05, 0) is 106 Å². The summed E-state index contributed by atoms with van der Waals surface area (Å²) in [4.78, 5) is 39.2. The molecular weight excluding hydrogens is 470 g/mol. The maximum absolute atomic E-state index is 12.7. The van der Waals surface area contributed by atoms with Crippen LogP contribution in [0.2, 0.25) is 0 Å². The fourth-order valence-corrected chi connectivity index (χ4v) is 9.61. The minimum absolute atomic E-state index is 0.185. The monoisotopic (exact) mass is 517 g/mol. The highest BCUT2D eigenvalue weighted by molar-refractivity contribution is 5.79. The van der Waals surface area contributed by atoms with Crippen LogP contribution in [0.3, 0.4) is 0 Å². The predicted octanol–water partition coefficient (Wildman–Crippen LogP) is 4.41. The fourth-order valence-electron chi connectivity index (χ4n) is 9.61. The number of hydrogen-bond acceptors (Lipinski definition) is 7. The van der Waals surface area contributed by atoms with Gasteiger partial charge < -0.3 is 14.2 Å². The van der Waals surface area contributed by atoms with E-state index >= 15 is 0 Å². The van der Waals surface area contributed by atoms with Crippen molar-refractivity contribution >= 4 is 17.7 Å². The molecule has 1 heterocycles. The van der Waals surface area contributed by atoms with Crippen LogP contribution in [0.25, 0.3) is 0 Å². The molecule has 5 rings (SSSR count). The van der Waals surface area contributed by atoms with Gasteiger partial charge in [-0.15, -0.1) is 0 Å². The predicted molar refractivity (Wildman–Crippen MR) is 139 cm³/mol. The topological polar surface area (TPSA) is 82.1 Å². The molecule has 1 aliphatic heterocycles. The Morgan fingerprint density at radius 2 is 1.59 bits per heavy atom. The number of ether oxygens (including phenoxy) is 3. The molecule has 0 aromatic heterocycles. The minimum atomic E-state index is -0.499. The molecule has 0 spiro atoms. The number of hydrogen-bond donors (Lipinski definition) is 0. The Balaban J connectivity index is 1.16. The number of ketones is 1. The first kappa shape index (κ1) is 27.1. The lowest BCUT2D eigenvalue weighted by molar-refractivity contribution is -0.186. The molecule has 4 aliphatic carbocycles. The summed E-state index contributed by atoms with van der Waals surface area (Å²) in [6, 6.07) is 0. The quantitative estimate of drug-likeness (QED) is 0.483. The first-order valence-electron chi connectivity index (χ1n) is 14.7. The second kappa shape index (κ2) is 10.3. The molecule has 0 unspecified atom stereocenters. The van der Waals surface area contributed by atoms with Crippen molar-refractivity contribution in [1.29, 1.82) is 0 Å². The Bertz CT molecular complexity index is 901. The van der Waals surface area contributed by atoms with Gasteiger partial charge in [0, 0.05) is 19.0 Å². The molecule has 37 heavy (non-hydrogen) atoms. The standard InChI is InChI=1S/C30H47NO6/c1-20(32)23-7-8-24-22-6-5-21-17-28(2,11-12-29(21,3)25(22)9-10-30(23,24)4)37-27(34)19-36-26(33)18-31-13-15-35-16-14-31/h21-25H,5-19H2,1-4H3/t21-,22-,23+,24-,25-,28+,29-,30+/m0/s1. The maximum atomic E-state index is 12.7. The van der Waals surface area contributed by atoms with Crippen LogP contribution in [-0.2, 0) is 28.6 Å². The third-order valence-electron chi connectivity index (χ3n) is 11.6. The van der Waals surface area contributed by atoms with Crippen molar-refractivity contribution in [1.82, 2.24) is 4.90 Å². The highest BCUT2D eigenvalue weighted by Crippen LogP contribution is 2.68. The zero-order chi connectivity index (χ0) is 26.4. The number of carbonyl (C=O) groups is 3. The molecule has 7 heteroatoms. The van der Waals surface area contributed by atoms with Gasteiger partial charge in [0.1, 0.15) is 11.4 Å². The summed E-state index contributed by atoms with van der Waals surface area (Å²) in [6.45, 7) is 11.3. The van der Waals surface area contributed by atoms with Gasteiger partial charge in [0.25, 0.3) is 0 Å². The van der Waals surface area contributed by atoms with Crippen LogP contribution in [0.4, 0.5) is 0 Å². The van der Waals surface area contributed by atoms with E-state index in [9.17, 15) is 14.4 Å². The van der Waals surface area contributed by atoms with Gasteiger partial charge in [0.2, 0.25) is 0 Å². The highest BCUT2D eigenvalue weighted by Gasteiger charge is 2.61. The van der Waals surface area contributed by atoms with Gasteiger partial charge in [-0.3, -0.25) is 14.5 Å². The summed E-state index contributed by atoms with van der Waals surface area (Å²) in [7, 11) is 0. The third kappa shape index (κ3) is 5.11. The number of esters is 2. The molecule has 7 nitrogen and oxygen atoms in total. The molecule has 5 fully saturated rings. The van der Waals surface area contributed by atoms with Crippen molar-refractivity contribution in [3.05, 3.63) is 0 Å². The van der Waals surface area contributed by atoms with Crippen molar-refractivity contribution in [2.75, 3.05) is 39.5 Å². The Labute approximate surface area is 222 Å². The van der Waals surface area contributed by atoms with Crippen molar-refractivity contribution in [2.24, 2.45) is 40.4 Å². The molecule has 0 aromatic rings. The van der Waals surface area contributed by atoms with E-state index in [0.29, 0.717) is 49.8 Å². The maximum Gasteiger partial charge on any atom is 0.344 e. The minimum Gasteiger partial charge on any atom is -0.457 e. The van der Waals surface area contributed by atoms with E-state index in [1.54, 1.807) is 6.92 Å². The fraction of sp³-hybridized carbons (Fsp3) is 0.900. The van der Waals surface area contributed by atoms with Gasteiger partial charge in [-0.25, -0.2) is 4.79 Å². The number of morpholine rings is 1. The summed E-state index contributed by atoms with van der Waals surface area (Å²) in [5.41, 5.74) is -0.0375. The number of nitrogens with zero attached hydrogens (tertiary/aromatic N) is 1. The summed E-state index contributed by atoms with van der Waals surface area (Å²) in [6.07, 6.45) is 9.91. The molecule has 8 atom stereocenters. The summed E-state index contributed by atoms with van der Waals surface area (Å²) in [5.74, 6) is 2.46. The smallest absolute Gasteiger partial charge is 0.344 e. The lowest BCUT2D eigenvalue weighted by Crippen LogP contribution is -2.56. The third-order valence-corrected chi connectivity index (χ3v) is 11.6. The van der Waals surface area contributed by atoms with Crippen molar-refractivity contribution < 1.29 is 28.6 Å². The van der Waals surface area contributed by atoms with Crippen molar-refractivity contribution in [2.45, 2.75) is 91.1 Å². The Morgan fingerprint density at radius 1 is 0.865 bits per heavy atom. The second-order valence-corrected chi connectivity index (χ2v) is 13.6. The molecule has 0 radical (unpaired) electrons. The molecule has 0 N–H and O–H groups in total. The van der Waals surface area contributed by atoms with Crippen molar-refractivity contribution in [3.8, 4) is 0 Å². The van der Waals surface area contributed by atoms with Crippen LogP contribution < -0.4 is 0 Å². The van der Waals surface area contributed by atoms with E-state index < -0.39 is 11.6 Å². The van der Waals surface area contributed by atoms with Gasteiger partial charge in [-0.2, -0.15) is 0 Å². The second-order valence-electron chi connectivity index (χ2n) is 13.6. The zero-order valence-corrected chi connectivity index (χ0v) is 23.4. The highest BCUT2D eigenvalue weighted by atomic mass is 16.6. The first-order chi connectivity index (χ1) is 17.5. The number of rotatable bonds is 6. The van der Waals surface area contributed by atoms with Gasteiger partial charge in [-0.1, -0.05) is 13.8 Å². The summed E-state index contributed by atoms with van der Waals surface area (Å²) >= 11 is 0. The van der Waals surface area contributed by atoms with E-state index in [0.717, 1.165) is 31.6 Å². The average molecular weight is 518 g/mol. The Kier molecular flexibility index (Phi) is 7.51. The van der Waals surface area contributed by atoms with Crippen LogP contribution in [0, 0.1) is 40.4 Å². The molecule has 0 bridgehead atoms. The summed E-state index contributed by atoms with van der Waals surface area (Å²) in [5, 5.41) is 0. The van der Waals surface area contributed by atoms with Crippen LogP contribution in [0.1, 0.15) is 85.5 Å². The molecule has 208 valence electrons. The molecular formula is C30H47NO6. The van der Waals surface area contributed by atoms with Crippen molar-refractivity contribution in [3.63, 3.8) is 0 Å². The molecule has 5 aliphatic rings. The average Bonchev–Trinajstić information content (AvgIpc) is 3.21. The Hall–Kier alpha value is -1.47. The first-order valence-corrected chi connectivity index (χ1v) is 14.7. The number of fused-ring (bicyclic) bond motifs is 5. The summed E-state index contributed by atoms with van der Waals surface area (Å²) < 4.78 is 16.5. The normalized spacial score (nSPS) is 43.7. The SMILES string of the molecule is CC(=O)[C@H]1CC[C@H]2[C@@H]3CC[C@H]4C[C@](C)(OC(=O)COC(=O)CN5CCOCC5)CC[C@]4(C)[C@H]3CC[C@]12C. The zero-order valence-electron chi connectivity index (χ0n) is 23.4. The number of Topliss-reactive ketones (excluding diaryl/α,β-unsaturated/α-hetero) is 1. The van der Waals surface area contributed by atoms with Gasteiger partial charge in [0.05, 0.1) is 19.8 Å². The van der Waals surface area contributed by atoms with E-state index in [4.69, 9.17) is 14.2 Å². The van der Waals surface area contributed by atoms with Crippen LogP contribution >= 0.6 is 0 Å². The lowest BCUT2D eigenvalue weighted by Gasteiger charge is -2.62. The molecule has 1 saturated heterocycles. The van der Waals surface area contributed by atoms with E-state index in [1.807, 2.05) is 4.90 Å². The lowest BCUT2D eigenvalue weighted by atomic mass is 9.44. The van der Waals surface area contributed by atoms with E-state index in [2.05, 4.69) is 20.8 Å². The van der Waals surface area contributed by atoms with Crippen LogP contribution in [0.15, 0.2) is 0 Å². The van der Waals surface area contributed by atoms with Crippen LogP contribution in [-0.4, -0.2) is 67.7 Å². The molecule has 0 aromatic carbocycles. The number of carbonyl (C=O) groups excluding carboxylic acids is 3. The molecule has 4 saturated carbocycles. The van der Waals surface area contributed by atoms with E-state index in [1.165, 1.54) is 32.1 Å².